The fourth-order valence-corrected chi connectivity index (χ4v) is 5.23. The number of nitrogens with zero attached hydrogens (tertiary/aromatic N) is 1. The molecule has 0 aliphatic carbocycles. The second-order valence-electron chi connectivity index (χ2n) is 4.68. The maximum atomic E-state index is 5.77. The first-order chi connectivity index (χ1) is 8.81. The molecule has 2 aliphatic rings. The predicted molar refractivity (Wildman–Crippen MR) is 76.7 cm³/mol. The third-order valence-corrected chi connectivity index (χ3v) is 6.01. The molecule has 0 aromatic carbocycles. The lowest BCUT2D eigenvalue weighted by Crippen LogP contribution is -2.27. The van der Waals surface area contributed by atoms with Gasteiger partial charge in [0.05, 0.1) is 6.61 Å². The maximum Gasteiger partial charge on any atom is 0.157 e. The van der Waals surface area contributed by atoms with Crippen molar-refractivity contribution in [1.29, 1.82) is 0 Å². The van der Waals surface area contributed by atoms with Crippen LogP contribution < -0.4 is 0 Å². The molecule has 0 N–H and O–H groups in total. The van der Waals surface area contributed by atoms with Gasteiger partial charge in [-0.1, -0.05) is 12.2 Å². The van der Waals surface area contributed by atoms with Crippen molar-refractivity contribution >= 4 is 34.9 Å². The van der Waals surface area contributed by atoms with Gasteiger partial charge in [-0.25, -0.2) is 0 Å². The molecule has 1 aromatic heterocycles. The van der Waals surface area contributed by atoms with Crippen molar-refractivity contribution in [2.45, 2.75) is 38.6 Å². The lowest BCUT2D eigenvalue weighted by Gasteiger charge is -2.24. The molecule has 2 aliphatic heterocycles. The van der Waals surface area contributed by atoms with E-state index < -0.39 is 0 Å². The normalized spacial score (nSPS) is 24.3. The fourth-order valence-electron chi connectivity index (χ4n) is 2.35. The molecule has 6 heteroatoms. The van der Waals surface area contributed by atoms with Crippen LogP contribution >= 0.6 is 34.9 Å². The smallest absolute Gasteiger partial charge is 0.157 e. The number of rotatable bonds is 4. The van der Waals surface area contributed by atoms with Crippen molar-refractivity contribution < 1.29 is 9.47 Å². The third kappa shape index (κ3) is 3.18. The van der Waals surface area contributed by atoms with Gasteiger partial charge < -0.3 is 9.47 Å². The van der Waals surface area contributed by atoms with E-state index in [1.807, 2.05) is 0 Å². The van der Waals surface area contributed by atoms with Gasteiger partial charge in [-0.05, 0) is 19.3 Å². The average molecular weight is 303 g/mol. The van der Waals surface area contributed by atoms with Gasteiger partial charge in [0.1, 0.15) is 3.14 Å². The number of hydrogen-bond donors (Lipinski definition) is 0. The topological polar surface area (TPSA) is 21.7 Å². The van der Waals surface area contributed by atoms with Gasteiger partial charge in [0.25, 0.3) is 0 Å². The van der Waals surface area contributed by atoms with Crippen LogP contribution in [0.3, 0.4) is 0 Å². The van der Waals surface area contributed by atoms with Crippen molar-refractivity contribution in [3.8, 4) is 0 Å². The van der Waals surface area contributed by atoms with Crippen LogP contribution in [-0.4, -0.2) is 30.9 Å². The summed E-state index contributed by atoms with van der Waals surface area (Å²) in [5, 5.41) is 0. The van der Waals surface area contributed by atoms with E-state index in [2.05, 4.69) is 4.90 Å². The minimum atomic E-state index is 0.0393. The Morgan fingerprint density at radius 3 is 2.72 bits per heavy atom. The second kappa shape index (κ2) is 6.07. The maximum absolute atomic E-state index is 5.77. The van der Waals surface area contributed by atoms with Gasteiger partial charge in [0.15, 0.2) is 6.29 Å². The Morgan fingerprint density at radius 2 is 2.06 bits per heavy atom. The molecule has 0 spiro atoms. The minimum absolute atomic E-state index is 0.0393. The van der Waals surface area contributed by atoms with Crippen molar-refractivity contribution in [2.75, 3.05) is 19.8 Å². The molecule has 3 nitrogen and oxygen atoms in total. The third-order valence-electron chi connectivity index (χ3n) is 3.31. The molecule has 100 valence electrons. The van der Waals surface area contributed by atoms with Gasteiger partial charge in [0, 0.05) is 36.0 Å². The Hall–Kier alpha value is 0.150. The van der Waals surface area contributed by atoms with Crippen LogP contribution in [0.5, 0.6) is 0 Å². The van der Waals surface area contributed by atoms with Crippen LogP contribution in [0.2, 0.25) is 0 Å². The zero-order valence-corrected chi connectivity index (χ0v) is 12.7. The Balaban J connectivity index is 1.40. The van der Waals surface area contributed by atoms with E-state index in [9.17, 15) is 0 Å². The lowest BCUT2D eigenvalue weighted by molar-refractivity contribution is -0.164. The highest BCUT2D eigenvalue weighted by atomic mass is 32.2. The largest absolute Gasteiger partial charge is 0.353 e. The summed E-state index contributed by atoms with van der Waals surface area (Å²) < 4.78 is 12.4. The molecular weight excluding hydrogens is 286 g/mol. The predicted octanol–water partition coefficient (Wildman–Crippen LogP) is 3.40. The fraction of sp³-hybridized carbons (Fsp3) is 0.750. The van der Waals surface area contributed by atoms with Gasteiger partial charge in [0.2, 0.25) is 0 Å². The highest BCUT2D eigenvalue weighted by Gasteiger charge is 2.22. The van der Waals surface area contributed by atoms with Crippen LogP contribution in [-0.2, 0) is 22.6 Å². The minimum Gasteiger partial charge on any atom is -0.353 e. The molecule has 1 atom stereocenters. The summed E-state index contributed by atoms with van der Waals surface area (Å²) in [7, 11) is 0. The summed E-state index contributed by atoms with van der Waals surface area (Å²) in [6.45, 7) is 4.70. The molecule has 18 heavy (non-hydrogen) atoms. The molecule has 0 amide bonds. The SMILES string of the molecule is S=c1sc2c(s1)CN(CCOC1CCCCO1)C2. The first-order valence-electron chi connectivity index (χ1n) is 6.38. The molecule has 3 heterocycles. The van der Waals surface area contributed by atoms with Gasteiger partial charge in [-0.2, -0.15) is 0 Å². The highest BCUT2D eigenvalue weighted by molar-refractivity contribution is 7.76. The van der Waals surface area contributed by atoms with Crippen LogP contribution in [0.1, 0.15) is 29.0 Å². The average Bonchev–Trinajstić information content (AvgIpc) is 2.87. The number of ether oxygens (including phenoxy) is 2. The number of hydrogen-bond acceptors (Lipinski definition) is 6. The van der Waals surface area contributed by atoms with E-state index in [0.29, 0.717) is 0 Å². The van der Waals surface area contributed by atoms with E-state index >= 15 is 0 Å². The summed E-state index contributed by atoms with van der Waals surface area (Å²) in [5.74, 6) is 0. The van der Waals surface area contributed by atoms with E-state index in [1.165, 1.54) is 22.6 Å². The number of fused-ring (bicyclic) bond motifs is 1. The van der Waals surface area contributed by atoms with Gasteiger partial charge >= 0.3 is 0 Å². The lowest BCUT2D eigenvalue weighted by atomic mass is 10.2. The summed E-state index contributed by atoms with van der Waals surface area (Å²) in [6.07, 6.45) is 3.50. The Labute approximate surface area is 120 Å². The molecule has 1 unspecified atom stereocenters. The van der Waals surface area contributed by atoms with Gasteiger partial charge in [-0.15, -0.1) is 22.7 Å². The summed E-state index contributed by atoms with van der Waals surface area (Å²) in [5.41, 5.74) is 0. The zero-order valence-electron chi connectivity index (χ0n) is 10.2. The Kier molecular flexibility index (Phi) is 4.43. The molecule has 1 aromatic rings. The standard InChI is InChI=1S/C12H17NO2S3/c16-12-17-9-7-13(8-10(9)18-12)4-6-15-11-3-1-2-5-14-11/h11H,1-8H2. The second-order valence-corrected chi connectivity index (χ2v) is 8.07. The van der Waals surface area contributed by atoms with Gasteiger partial charge in [-0.3, -0.25) is 4.90 Å². The van der Waals surface area contributed by atoms with Crippen molar-refractivity contribution in [2.24, 2.45) is 0 Å². The highest BCUT2D eigenvalue weighted by Crippen LogP contribution is 2.32. The molecule has 1 saturated heterocycles. The van der Waals surface area contributed by atoms with E-state index in [4.69, 9.17) is 21.7 Å². The summed E-state index contributed by atoms with van der Waals surface area (Å²) in [4.78, 5) is 5.34. The molecule has 0 bridgehead atoms. The van der Waals surface area contributed by atoms with Crippen LogP contribution in [0.25, 0.3) is 0 Å². The molecule has 0 radical (unpaired) electrons. The van der Waals surface area contributed by atoms with Crippen LogP contribution in [0.4, 0.5) is 0 Å². The Bertz CT molecular complexity index is 424. The molecule has 0 saturated carbocycles. The molecular formula is C12H17NO2S3. The summed E-state index contributed by atoms with van der Waals surface area (Å²) in [6, 6.07) is 0. The monoisotopic (exact) mass is 303 g/mol. The van der Waals surface area contributed by atoms with Crippen molar-refractivity contribution in [3.63, 3.8) is 0 Å². The molecule has 1 fully saturated rings. The van der Waals surface area contributed by atoms with Crippen LogP contribution in [0.15, 0.2) is 0 Å². The van der Waals surface area contributed by atoms with Crippen molar-refractivity contribution in [1.82, 2.24) is 4.90 Å². The quantitative estimate of drug-likeness (QED) is 0.795. The van der Waals surface area contributed by atoms with E-state index in [1.54, 1.807) is 22.7 Å². The zero-order chi connectivity index (χ0) is 12.4. The van der Waals surface area contributed by atoms with E-state index in [0.717, 1.165) is 42.4 Å². The van der Waals surface area contributed by atoms with E-state index in [-0.39, 0.29) is 6.29 Å². The first kappa shape index (κ1) is 13.1. The first-order valence-corrected chi connectivity index (χ1v) is 8.42. The van der Waals surface area contributed by atoms with Crippen LogP contribution in [0, 0.1) is 3.14 Å². The van der Waals surface area contributed by atoms with Crippen molar-refractivity contribution in [3.05, 3.63) is 12.9 Å². The Morgan fingerprint density at radius 1 is 1.28 bits per heavy atom. The summed E-state index contributed by atoms with van der Waals surface area (Å²) >= 11 is 8.75. The molecule has 3 rings (SSSR count).